The highest BCUT2D eigenvalue weighted by Crippen LogP contribution is 2.30. The Morgan fingerprint density at radius 3 is 2.00 bits per heavy atom. The molecule has 0 heterocycles. The van der Waals surface area contributed by atoms with E-state index in [1.807, 2.05) is 55.5 Å². The second-order valence-electron chi connectivity index (χ2n) is 4.27. The Bertz CT molecular complexity index is 505. The van der Waals surface area contributed by atoms with Crippen molar-refractivity contribution in [2.45, 2.75) is 29.2 Å². The summed E-state index contributed by atoms with van der Waals surface area (Å²) in [6.07, 6.45) is 0.380. The van der Waals surface area contributed by atoms with Crippen molar-refractivity contribution in [3.8, 4) is 5.75 Å². The van der Waals surface area contributed by atoms with Gasteiger partial charge in [0.2, 0.25) is 0 Å². The molecule has 0 fully saturated rings. The second kappa shape index (κ2) is 6.64. The fourth-order valence-electron chi connectivity index (χ4n) is 1.77. The minimum Gasteiger partial charge on any atom is -0.497 e. The normalized spacial score (nSPS) is 12.2. The van der Waals surface area contributed by atoms with E-state index < -0.39 is 0 Å². The topological polar surface area (TPSA) is 29.5 Å². The molecule has 2 nitrogen and oxygen atoms in total. The fraction of sp³-hybridized carbons (Fsp3) is 0.250. The van der Waals surface area contributed by atoms with Crippen LogP contribution in [-0.4, -0.2) is 12.2 Å². The molecule has 2 aromatic carbocycles. The van der Waals surface area contributed by atoms with Crippen LogP contribution in [-0.2, 0) is 0 Å². The van der Waals surface area contributed by atoms with Crippen molar-refractivity contribution < 1.29 is 9.84 Å². The number of aliphatic hydroxyl groups excluding tert-OH is 1. The van der Waals surface area contributed by atoms with Gasteiger partial charge in [0.05, 0.1) is 13.2 Å². The predicted molar refractivity (Wildman–Crippen MR) is 78.8 cm³/mol. The third kappa shape index (κ3) is 3.75. The zero-order valence-corrected chi connectivity index (χ0v) is 12.0. The fourth-order valence-corrected chi connectivity index (χ4v) is 2.59. The Morgan fingerprint density at radius 2 is 1.53 bits per heavy atom. The molecule has 0 saturated heterocycles. The first-order valence-corrected chi connectivity index (χ1v) is 7.14. The summed E-state index contributed by atoms with van der Waals surface area (Å²) < 4.78 is 5.14. The van der Waals surface area contributed by atoms with Crippen molar-refractivity contribution in [1.82, 2.24) is 0 Å². The van der Waals surface area contributed by atoms with Crippen molar-refractivity contribution in [2.24, 2.45) is 0 Å². The minimum atomic E-state index is -0.361. The standard InChI is InChI=1S/C16H18O2S/c1-3-16(17)12-4-8-14(9-5-12)19-15-10-6-13(18-2)7-11-15/h4-11,16-17H,3H2,1-2H3. The van der Waals surface area contributed by atoms with Crippen molar-refractivity contribution in [2.75, 3.05) is 7.11 Å². The molecular formula is C16H18O2S. The van der Waals surface area contributed by atoms with Gasteiger partial charge in [0, 0.05) is 9.79 Å². The quantitative estimate of drug-likeness (QED) is 0.882. The van der Waals surface area contributed by atoms with Gasteiger partial charge in [0.1, 0.15) is 5.75 Å². The van der Waals surface area contributed by atoms with Crippen LogP contribution in [0, 0.1) is 0 Å². The molecule has 0 radical (unpaired) electrons. The van der Waals surface area contributed by atoms with Crippen LogP contribution in [0.1, 0.15) is 25.0 Å². The zero-order chi connectivity index (χ0) is 13.7. The Balaban J connectivity index is 2.06. The van der Waals surface area contributed by atoms with Gasteiger partial charge in [-0.2, -0.15) is 0 Å². The molecule has 3 heteroatoms. The zero-order valence-electron chi connectivity index (χ0n) is 11.2. The highest BCUT2D eigenvalue weighted by molar-refractivity contribution is 7.99. The predicted octanol–water partition coefficient (Wildman–Crippen LogP) is 4.29. The number of aliphatic hydroxyl groups is 1. The summed E-state index contributed by atoms with van der Waals surface area (Å²) in [6.45, 7) is 1.98. The van der Waals surface area contributed by atoms with Gasteiger partial charge in [0.15, 0.2) is 0 Å². The Hall–Kier alpha value is -1.45. The van der Waals surface area contributed by atoms with Crippen LogP contribution in [0.15, 0.2) is 58.3 Å². The van der Waals surface area contributed by atoms with E-state index in [0.717, 1.165) is 22.6 Å². The minimum absolute atomic E-state index is 0.361. The molecule has 0 amide bonds. The second-order valence-corrected chi connectivity index (χ2v) is 5.42. The maximum atomic E-state index is 9.75. The van der Waals surface area contributed by atoms with Crippen LogP contribution < -0.4 is 4.74 Å². The summed E-state index contributed by atoms with van der Waals surface area (Å²) >= 11 is 1.70. The van der Waals surface area contributed by atoms with E-state index in [0.29, 0.717) is 0 Å². The lowest BCUT2D eigenvalue weighted by atomic mass is 10.1. The smallest absolute Gasteiger partial charge is 0.118 e. The first-order valence-electron chi connectivity index (χ1n) is 6.33. The molecule has 2 rings (SSSR count). The van der Waals surface area contributed by atoms with Gasteiger partial charge in [-0.15, -0.1) is 0 Å². The maximum Gasteiger partial charge on any atom is 0.118 e. The van der Waals surface area contributed by atoms with Crippen molar-refractivity contribution in [3.05, 3.63) is 54.1 Å². The number of methoxy groups -OCH3 is 1. The average Bonchev–Trinajstić information content (AvgIpc) is 2.48. The van der Waals surface area contributed by atoms with Crippen LogP contribution in [0.25, 0.3) is 0 Å². The van der Waals surface area contributed by atoms with Gasteiger partial charge in [-0.1, -0.05) is 30.8 Å². The summed E-state index contributed by atoms with van der Waals surface area (Å²) in [5, 5.41) is 9.75. The summed E-state index contributed by atoms with van der Waals surface area (Å²) in [7, 11) is 1.67. The molecule has 0 aromatic heterocycles. The van der Waals surface area contributed by atoms with Crippen LogP contribution in [0.4, 0.5) is 0 Å². The van der Waals surface area contributed by atoms with Gasteiger partial charge >= 0.3 is 0 Å². The molecule has 1 unspecified atom stereocenters. The van der Waals surface area contributed by atoms with Gasteiger partial charge in [0.25, 0.3) is 0 Å². The number of benzene rings is 2. The first-order chi connectivity index (χ1) is 9.22. The Labute approximate surface area is 118 Å². The molecular weight excluding hydrogens is 256 g/mol. The monoisotopic (exact) mass is 274 g/mol. The highest BCUT2D eigenvalue weighted by atomic mass is 32.2. The summed E-state index contributed by atoms with van der Waals surface area (Å²) in [4.78, 5) is 2.34. The molecule has 2 aromatic rings. The summed E-state index contributed by atoms with van der Waals surface area (Å²) in [5.41, 5.74) is 0.974. The first kappa shape index (κ1) is 14.0. The lowest BCUT2D eigenvalue weighted by Gasteiger charge is -2.09. The number of hydrogen-bond donors (Lipinski definition) is 1. The SMILES string of the molecule is CCC(O)c1ccc(Sc2ccc(OC)cc2)cc1. The van der Waals surface area contributed by atoms with Crippen LogP contribution >= 0.6 is 11.8 Å². The van der Waals surface area contributed by atoms with E-state index in [9.17, 15) is 5.11 Å². The molecule has 0 spiro atoms. The number of hydrogen-bond acceptors (Lipinski definition) is 3. The van der Waals surface area contributed by atoms with E-state index in [2.05, 4.69) is 0 Å². The van der Waals surface area contributed by atoms with Crippen molar-refractivity contribution in [3.63, 3.8) is 0 Å². The molecule has 0 saturated carbocycles. The van der Waals surface area contributed by atoms with Gasteiger partial charge in [-0.25, -0.2) is 0 Å². The Kier molecular flexibility index (Phi) is 4.88. The third-order valence-corrected chi connectivity index (χ3v) is 3.96. The van der Waals surface area contributed by atoms with Gasteiger partial charge in [-0.3, -0.25) is 0 Å². The maximum absolute atomic E-state index is 9.75. The molecule has 1 N–H and O–H groups in total. The average molecular weight is 274 g/mol. The van der Waals surface area contributed by atoms with E-state index >= 15 is 0 Å². The molecule has 0 aliphatic rings. The third-order valence-electron chi connectivity index (χ3n) is 2.95. The van der Waals surface area contributed by atoms with Crippen LogP contribution in [0.5, 0.6) is 5.75 Å². The molecule has 19 heavy (non-hydrogen) atoms. The Morgan fingerprint density at radius 1 is 1.00 bits per heavy atom. The molecule has 0 aliphatic carbocycles. The molecule has 0 aliphatic heterocycles. The van der Waals surface area contributed by atoms with Crippen LogP contribution in [0.2, 0.25) is 0 Å². The van der Waals surface area contributed by atoms with Gasteiger partial charge < -0.3 is 9.84 Å². The van der Waals surface area contributed by atoms with E-state index in [1.165, 1.54) is 4.90 Å². The lowest BCUT2D eigenvalue weighted by molar-refractivity contribution is 0.173. The van der Waals surface area contributed by atoms with Gasteiger partial charge in [-0.05, 0) is 48.4 Å². The lowest BCUT2D eigenvalue weighted by Crippen LogP contribution is -1.93. The molecule has 1 atom stereocenters. The van der Waals surface area contributed by atoms with Crippen molar-refractivity contribution >= 4 is 11.8 Å². The largest absolute Gasteiger partial charge is 0.497 e. The van der Waals surface area contributed by atoms with Crippen molar-refractivity contribution in [1.29, 1.82) is 0 Å². The van der Waals surface area contributed by atoms with E-state index in [-0.39, 0.29) is 6.10 Å². The van der Waals surface area contributed by atoms with E-state index in [4.69, 9.17) is 4.74 Å². The van der Waals surface area contributed by atoms with E-state index in [1.54, 1.807) is 18.9 Å². The summed E-state index contributed by atoms with van der Waals surface area (Å²) in [6, 6.07) is 16.1. The highest BCUT2D eigenvalue weighted by Gasteiger charge is 2.04. The number of rotatable bonds is 5. The molecule has 0 bridgehead atoms. The molecule has 100 valence electrons. The van der Waals surface area contributed by atoms with Crippen LogP contribution in [0.3, 0.4) is 0 Å². The summed E-state index contributed by atoms with van der Waals surface area (Å²) in [5.74, 6) is 0.866. The number of ether oxygens (including phenoxy) is 1.